The molecule has 1 aliphatic carbocycles. The predicted octanol–water partition coefficient (Wildman–Crippen LogP) is 2.19. The fourth-order valence-corrected chi connectivity index (χ4v) is 1.82. The third-order valence-corrected chi connectivity index (χ3v) is 2.68. The van der Waals surface area contributed by atoms with E-state index in [4.69, 9.17) is 0 Å². The highest BCUT2D eigenvalue weighted by Crippen LogP contribution is 2.18. The van der Waals surface area contributed by atoms with Gasteiger partial charge < -0.3 is 5.32 Å². The van der Waals surface area contributed by atoms with E-state index in [0.29, 0.717) is 0 Å². The van der Waals surface area contributed by atoms with Gasteiger partial charge in [-0.05, 0) is 25.2 Å². The Labute approximate surface area is 84.8 Å². The van der Waals surface area contributed by atoms with E-state index < -0.39 is 0 Å². The molecule has 0 saturated heterocycles. The van der Waals surface area contributed by atoms with Gasteiger partial charge in [-0.1, -0.05) is 12.2 Å². The van der Waals surface area contributed by atoms with Crippen molar-refractivity contribution in [3.05, 3.63) is 24.5 Å². The van der Waals surface area contributed by atoms with Crippen LogP contribution in [0.25, 0.3) is 0 Å². The van der Waals surface area contributed by atoms with Crippen molar-refractivity contribution in [2.24, 2.45) is 13.0 Å². The fourth-order valence-electron chi connectivity index (χ4n) is 1.82. The second-order valence-electron chi connectivity index (χ2n) is 3.93. The van der Waals surface area contributed by atoms with E-state index in [1.165, 1.54) is 19.3 Å². The second-order valence-corrected chi connectivity index (χ2v) is 3.93. The van der Waals surface area contributed by atoms with Gasteiger partial charge in [-0.3, -0.25) is 4.68 Å². The van der Waals surface area contributed by atoms with Gasteiger partial charge in [-0.2, -0.15) is 5.10 Å². The molecule has 0 amide bonds. The van der Waals surface area contributed by atoms with Crippen LogP contribution in [0.1, 0.15) is 19.3 Å². The molecule has 0 aliphatic heterocycles. The van der Waals surface area contributed by atoms with Crippen LogP contribution in [0.5, 0.6) is 0 Å². The quantitative estimate of drug-likeness (QED) is 0.742. The number of hydrogen-bond acceptors (Lipinski definition) is 2. The van der Waals surface area contributed by atoms with E-state index in [1.54, 1.807) is 0 Å². The van der Waals surface area contributed by atoms with E-state index in [-0.39, 0.29) is 0 Å². The number of nitrogens with zero attached hydrogens (tertiary/aromatic N) is 2. The Balaban J connectivity index is 1.79. The molecular weight excluding hydrogens is 174 g/mol. The fraction of sp³-hybridized carbons (Fsp3) is 0.545. The molecule has 0 spiro atoms. The third-order valence-electron chi connectivity index (χ3n) is 2.68. The molecule has 1 atom stereocenters. The van der Waals surface area contributed by atoms with Gasteiger partial charge in [0.2, 0.25) is 0 Å². The first kappa shape index (κ1) is 9.31. The standard InChI is InChI=1S/C11H17N3/c1-14-9-11(8-13-14)12-7-10-5-3-2-4-6-10/h2-3,8-10,12H,4-7H2,1H3. The highest BCUT2D eigenvalue weighted by molar-refractivity contribution is 5.37. The Morgan fingerprint density at radius 2 is 2.50 bits per heavy atom. The summed E-state index contributed by atoms with van der Waals surface area (Å²) < 4.78 is 1.82. The maximum absolute atomic E-state index is 4.12. The zero-order chi connectivity index (χ0) is 9.80. The highest BCUT2D eigenvalue weighted by Gasteiger charge is 2.09. The molecule has 0 aromatic carbocycles. The minimum Gasteiger partial charge on any atom is -0.382 e. The van der Waals surface area contributed by atoms with Gasteiger partial charge in [0.1, 0.15) is 0 Å². The summed E-state index contributed by atoms with van der Waals surface area (Å²) in [4.78, 5) is 0. The average molecular weight is 191 g/mol. The smallest absolute Gasteiger partial charge is 0.0726 e. The molecule has 0 fully saturated rings. The monoisotopic (exact) mass is 191 g/mol. The molecule has 76 valence electrons. The number of nitrogens with one attached hydrogen (secondary N) is 1. The summed E-state index contributed by atoms with van der Waals surface area (Å²) in [5.41, 5.74) is 1.13. The van der Waals surface area contributed by atoms with Crippen LogP contribution in [0.15, 0.2) is 24.5 Å². The maximum Gasteiger partial charge on any atom is 0.0726 e. The van der Waals surface area contributed by atoms with Crippen molar-refractivity contribution in [1.82, 2.24) is 9.78 Å². The van der Waals surface area contributed by atoms with Crippen molar-refractivity contribution >= 4 is 5.69 Å². The minimum atomic E-state index is 0.792. The summed E-state index contributed by atoms with van der Waals surface area (Å²) in [6.45, 7) is 1.07. The zero-order valence-electron chi connectivity index (χ0n) is 8.61. The lowest BCUT2D eigenvalue weighted by atomic mass is 9.94. The molecule has 1 unspecified atom stereocenters. The van der Waals surface area contributed by atoms with Crippen molar-refractivity contribution in [3.8, 4) is 0 Å². The molecule has 14 heavy (non-hydrogen) atoms. The number of aromatic nitrogens is 2. The minimum absolute atomic E-state index is 0.792. The molecule has 1 heterocycles. The highest BCUT2D eigenvalue weighted by atomic mass is 15.3. The number of aryl methyl sites for hydroxylation is 1. The number of hydrogen-bond donors (Lipinski definition) is 1. The zero-order valence-corrected chi connectivity index (χ0v) is 8.61. The lowest BCUT2D eigenvalue weighted by Gasteiger charge is -2.17. The Kier molecular flexibility index (Phi) is 2.87. The number of anilines is 1. The number of rotatable bonds is 3. The van der Waals surface area contributed by atoms with Crippen molar-refractivity contribution in [2.75, 3.05) is 11.9 Å². The van der Waals surface area contributed by atoms with E-state index in [1.807, 2.05) is 24.1 Å². The Bertz CT molecular complexity index is 314. The van der Waals surface area contributed by atoms with Crippen LogP contribution in [-0.4, -0.2) is 16.3 Å². The molecule has 2 rings (SSSR count). The first-order valence-corrected chi connectivity index (χ1v) is 5.22. The summed E-state index contributed by atoms with van der Waals surface area (Å²) in [6, 6.07) is 0. The van der Waals surface area contributed by atoms with Crippen LogP contribution in [-0.2, 0) is 7.05 Å². The molecule has 1 aromatic heterocycles. The van der Waals surface area contributed by atoms with Gasteiger partial charge in [0, 0.05) is 19.8 Å². The van der Waals surface area contributed by atoms with Gasteiger partial charge >= 0.3 is 0 Å². The van der Waals surface area contributed by atoms with E-state index in [0.717, 1.165) is 18.2 Å². The van der Waals surface area contributed by atoms with Crippen molar-refractivity contribution in [1.29, 1.82) is 0 Å². The van der Waals surface area contributed by atoms with Gasteiger partial charge in [0.15, 0.2) is 0 Å². The largest absolute Gasteiger partial charge is 0.382 e. The summed E-state index contributed by atoms with van der Waals surface area (Å²) in [7, 11) is 1.94. The van der Waals surface area contributed by atoms with E-state index >= 15 is 0 Å². The summed E-state index contributed by atoms with van der Waals surface area (Å²) in [6.07, 6.45) is 12.2. The van der Waals surface area contributed by atoms with Gasteiger partial charge in [-0.25, -0.2) is 0 Å². The van der Waals surface area contributed by atoms with Gasteiger partial charge in [0.05, 0.1) is 11.9 Å². The summed E-state index contributed by atoms with van der Waals surface area (Å²) >= 11 is 0. The van der Waals surface area contributed by atoms with Crippen LogP contribution < -0.4 is 5.32 Å². The molecule has 0 radical (unpaired) electrons. The molecule has 1 aliphatic rings. The second kappa shape index (κ2) is 4.31. The Hall–Kier alpha value is -1.25. The molecule has 1 N–H and O–H groups in total. The topological polar surface area (TPSA) is 29.9 Å². The third kappa shape index (κ3) is 2.37. The SMILES string of the molecule is Cn1cc(NCC2CC=CCC2)cn1. The van der Waals surface area contributed by atoms with E-state index in [9.17, 15) is 0 Å². The molecule has 1 aromatic rings. The Morgan fingerprint density at radius 3 is 3.14 bits per heavy atom. The number of allylic oxidation sites excluding steroid dienone is 2. The lowest BCUT2D eigenvalue weighted by Crippen LogP contribution is -2.14. The predicted molar refractivity (Wildman–Crippen MR) is 58.2 cm³/mol. The van der Waals surface area contributed by atoms with Gasteiger partial charge in [0.25, 0.3) is 0 Å². The van der Waals surface area contributed by atoms with Crippen molar-refractivity contribution in [3.63, 3.8) is 0 Å². The normalized spacial score (nSPS) is 21.1. The van der Waals surface area contributed by atoms with Crippen LogP contribution in [0.4, 0.5) is 5.69 Å². The Morgan fingerprint density at radius 1 is 1.57 bits per heavy atom. The maximum atomic E-state index is 4.12. The molecule has 3 nitrogen and oxygen atoms in total. The summed E-state index contributed by atoms with van der Waals surface area (Å²) in [5, 5.41) is 7.54. The van der Waals surface area contributed by atoms with Crippen molar-refractivity contribution in [2.45, 2.75) is 19.3 Å². The van der Waals surface area contributed by atoms with Crippen LogP contribution in [0.3, 0.4) is 0 Å². The van der Waals surface area contributed by atoms with Crippen LogP contribution in [0.2, 0.25) is 0 Å². The first-order chi connectivity index (χ1) is 6.84. The lowest BCUT2D eigenvalue weighted by molar-refractivity contribution is 0.504. The van der Waals surface area contributed by atoms with Crippen LogP contribution >= 0.6 is 0 Å². The average Bonchev–Trinajstić information content (AvgIpc) is 2.63. The first-order valence-electron chi connectivity index (χ1n) is 5.22. The molecule has 0 saturated carbocycles. The molecular formula is C11H17N3. The molecule has 3 heteroatoms. The van der Waals surface area contributed by atoms with Crippen LogP contribution in [0, 0.1) is 5.92 Å². The summed E-state index contributed by atoms with van der Waals surface area (Å²) in [5.74, 6) is 0.792. The van der Waals surface area contributed by atoms with Crippen molar-refractivity contribution < 1.29 is 0 Å². The van der Waals surface area contributed by atoms with E-state index in [2.05, 4.69) is 22.6 Å². The molecule has 0 bridgehead atoms. The van der Waals surface area contributed by atoms with Gasteiger partial charge in [-0.15, -0.1) is 0 Å².